The zero-order valence-electron chi connectivity index (χ0n) is 6.15. The van der Waals surface area contributed by atoms with Gasteiger partial charge >= 0.3 is 0 Å². The van der Waals surface area contributed by atoms with Gasteiger partial charge in [-0.2, -0.15) is 4.98 Å². The SMILES string of the molecule is CS(=O)(=O)c1cnc(N)nc1Cl. The fourth-order valence-electron chi connectivity index (χ4n) is 0.611. The zero-order chi connectivity index (χ0) is 9.35. The lowest BCUT2D eigenvalue weighted by molar-refractivity contribution is 0.601. The second-order valence-corrected chi connectivity index (χ2v) is 4.50. The van der Waals surface area contributed by atoms with Gasteiger partial charge in [-0.25, -0.2) is 13.4 Å². The number of anilines is 1. The first-order valence-electron chi connectivity index (χ1n) is 2.89. The summed E-state index contributed by atoms with van der Waals surface area (Å²) in [5.41, 5.74) is 5.17. The Balaban J connectivity index is 3.39. The average molecular weight is 208 g/mol. The summed E-state index contributed by atoms with van der Waals surface area (Å²) in [7, 11) is -3.36. The first-order chi connectivity index (χ1) is 5.41. The van der Waals surface area contributed by atoms with E-state index in [9.17, 15) is 8.42 Å². The summed E-state index contributed by atoms with van der Waals surface area (Å²) in [6.45, 7) is 0. The number of nitrogen functional groups attached to an aromatic ring is 1. The normalized spacial score (nSPS) is 11.5. The molecule has 0 aliphatic carbocycles. The van der Waals surface area contributed by atoms with Crippen LogP contribution in [-0.2, 0) is 9.84 Å². The van der Waals surface area contributed by atoms with E-state index in [1.165, 1.54) is 0 Å². The van der Waals surface area contributed by atoms with Crippen molar-refractivity contribution < 1.29 is 8.42 Å². The number of aromatic nitrogens is 2. The van der Waals surface area contributed by atoms with Crippen molar-refractivity contribution in [3.05, 3.63) is 11.3 Å². The Hall–Kier alpha value is -0.880. The van der Waals surface area contributed by atoms with E-state index in [2.05, 4.69) is 9.97 Å². The maximum absolute atomic E-state index is 11.0. The van der Waals surface area contributed by atoms with Crippen molar-refractivity contribution in [1.29, 1.82) is 0 Å². The van der Waals surface area contributed by atoms with Gasteiger partial charge in [0.15, 0.2) is 15.0 Å². The Kier molecular flexibility index (Phi) is 2.20. The summed E-state index contributed by atoms with van der Waals surface area (Å²) in [5.74, 6) is -0.0487. The third-order valence-electron chi connectivity index (χ3n) is 1.13. The van der Waals surface area contributed by atoms with Crippen molar-refractivity contribution in [2.75, 3.05) is 12.0 Å². The van der Waals surface area contributed by atoms with Crippen LogP contribution in [0.3, 0.4) is 0 Å². The van der Waals surface area contributed by atoms with E-state index in [0.717, 1.165) is 12.5 Å². The monoisotopic (exact) mass is 207 g/mol. The van der Waals surface area contributed by atoms with Crippen LogP contribution in [0, 0.1) is 0 Å². The molecule has 0 amide bonds. The quantitative estimate of drug-likeness (QED) is 0.661. The summed E-state index contributed by atoms with van der Waals surface area (Å²) < 4.78 is 21.9. The van der Waals surface area contributed by atoms with Gasteiger partial charge in [0.25, 0.3) is 0 Å². The molecule has 0 radical (unpaired) electrons. The molecule has 0 unspecified atom stereocenters. The van der Waals surface area contributed by atoms with Crippen LogP contribution in [0.15, 0.2) is 11.1 Å². The molecule has 0 spiro atoms. The number of nitrogens with two attached hydrogens (primary N) is 1. The third-order valence-corrected chi connectivity index (χ3v) is 2.63. The molecule has 7 heteroatoms. The molecule has 1 aromatic rings. The van der Waals surface area contributed by atoms with Crippen molar-refractivity contribution in [2.24, 2.45) is 0 Å². The van der Waals surface area contributed by atoms with Gasteiger partial charge in [0.2, 0.25) is 5.95 Å². The highest BCUT2D eigenvalue weighted by Gasteiger charge is 2.13. The van der Waals surface area contributed by atoms with E-state index in [4.69, 9.17) is 17.3 Å². The lowest BCUT2D eigenvalue weighted by Gasteiger charge is -1.99. The highest BCUT2D eigenvalue weighted by Crippen LogP contribution is 2.17. The van der Waals surface area contributed by atoms with Crippen LogP contribution in [0.5, 0.6) is 0 Å². The first-order valence-corrected chi connectivity index (χ1v) is 5.16. The minimum absolute atomic E-state index is 0.0487. The number of hydrogen-bond donors (Lipinski definition) is 1. The van der Waals surface area contributed by atoms with E-state index in [-0.39, 0.29) is 16.0 Å². The summed E-state index contributed by atoms with van der Waals surface area (Å²) in [4.78, 5) is 6.89. The Morgan fingerprint density at radius 1 is 1.58 bits per heavy atom. The fourth-order valence-corrected chi connectivity index (χ4v) is 1.76. The van der Waals surface area contributed by atoms with Gasteiger partial charge in [-0.1, -0.05) is 11.6 Å². The van der Waals surface area contributed by atoms with Crippen LogP contribution in [0.4, 0.5) is 5.95 Å². The molecule has 0 aromatic carbocycles. The summed E-state index contributed by atoms with van der Waals surface area (Å²) in [6, 6.07) is 0. The van der Waals surface area contributed by atoms with Gasteiger partial charge in [0.1, 0.15) is 4.90 Å². The molecule has 12 heavy (non-hydrogen) atoms. The van der Waals surface area contributed by atoms with Crippen molar-refractivity contribution in [3.8, 4) is 0 Å². The first kappa shape index (κ1) is 9.21. The smallest absolute Gasteiger partial charge is 0.221 e. The van der Waals surface area contributed by atoms with E-state index in [0.29, 0.717) is 0 Å². The molecule has 0 saturated carbocycles. The highest BCUT2D eigenvalue weighted by atomic mass is 35.5. The Morgan fingerprint density at radius 3 is 2.58 bits per heavy atom. The van der Waals surface area contributed by atoms with Gasteiger partial charge < -0.3 is 5.73 Å². The molecule has 1 rings (SSSR count). The molecule has 0 bridgehead atoms. The van der Waals surface area contributed by atoms with Crippen molar-refractivity contribution in [1.82, 2.24) is 9.97 Å². The largest absolute Gasteiger partial charge is 0.368 e. The van der Waals surface area contributed by atoms with Crippen molar-refractivity contribution in [2.45, 2.75) is 4.90 Å². The standard InChI is InChI=1S/C5H6ClN3O2S/c1-12(10,11)3-2-8-5(7)9-4(3)6/h2H,1H3,(H2,7,8,9). The van der Waals surface area contributed by atoms with E-state index < -0.39 is 9.84 Å². The molecule has 1 aromatic heterocycles. The number of rotatable bonds is 1. The summed E-state index contributed by atoms with van der Waals surface area (Å²) >= 11 is 5.50. The van der Waals surface area contributed by atoms with Crippen LogP contribution < -0.4 is 5.73 Å². The van der Waals surface area contributed by atoms with Gasteiger partial charge in [-0.15, -0.1) is 0 Å². The highest BCUT2D eigenvalue weighted by molar-refractivity contribution is 7.90. The Bertz CT molecular complexity index is 403. The number of nitrogens with zero attached hydrogens (tertiary/aromatic N) is 2. The van der Waals surface area contributed by atoms with Crippen LogP contribution in [-0.4, -0.2) is 24.6 Å². The minimum atomic E-state index is -3.36. The number of halogens is 1. The molecule has 5 nitrogen and oxygen atoms in total. The maximum atomic E-state index is 11.0. The number of hydrogen-bond acceptors (Lipinski definition) is 5. The maximum Gasteiger partial charge on any atom is 0.221 e. The summed E-state index contributed by atoms with van der Waals surface area (Å²) in [6.07, 6.45) is 2.10. The van der Waals surface area contributed by atoms with Crippen LogP contribution in [0.1, 0.15) is 0 Å². The summed E-state index contributed by atoms with van der Waals surface area (Å²) in [5, 5.41) is -0.148. The molecule has 0 fully saturated rings. The van der Waals surface area contributed by atoms with Crippen LogP contribution in [0.25, 0.3) is 0 Å². The molecule has 2 N–H and O–H groups in total. The lowest BCUT2D eigenvalue weighted by atomic mass is 10.7. The number of sulfone groups is 1. The Morgan fingerprint density at radius 2 is 2.17 bits per heavy atom. The second-order valence-electron chi connectivity index (χ2n) is 2.16. The third kappa shape index (κ3) is 1.83. The van der Waals surface area contributed by atoms with Crippen LogP contribution >= 0.6 is 11.6 Å². The molecule has 0 atom stereocenters. The zero-order valence-corrected chi connectivity index (χ0v) is 7.72. The molecule has 0 saturated heterocycles. The molecule has 66 valence electrons. The molecule has 1 heterocycles. The lowest BCUT2D eigenvalue weighted by Crippen LogP contribution is -2.03. The van der Waals surface area contributed by atoms with Crippen LogP contribution in [0.2, 0.25) is 5.15 Å². The molecular weight excluding hydrogens is 202 g/mol. The van der Waals surface area contributed by atoms with E-state index in [1.54, 1.807) is 0 Å². The fraction of sp³-hybridized carbons (Fsp3) is 0.200. The van der Waals surface area contributed by atoms with Gasteiger partial charge in [0, 0.05) is 6.26 Å². The van der Waals surface area contributed by atoms with E-state index >= 15 is 0 Å². The van der Waals surface area contributed by atoms with E-state index in [1.807, 2.05) is 0 Å². The van der Waals surface area contributed by atoms with Gasteiger partial charge in [-0.05, 0) is 0 Å². The Labute approximate surface area is 74.5 Å². The topological polar surface area (TPSA) is 85.9 Å². The molecule has 0 aliphatic rings. The predicted octanol–water partition coefficient (Wildman–Crippen LogP) is 0.116. The second kappa shape index (κ2) is 2.87. The van der Waals surface area contributed by atoms with Gasteiger partial charge in [-0.3, -0.25) is 0 Å². The minimum Gasteiger partial charge on any atom is -0.368 e. The molecule has 0 aliphatic heterocycles. The van der Waals surface area contributed by atoms with Gasteiger partial charge in [0.05, 0.1) is 6.20 Å². The predicted molar refractivity (Wildman–Crippen MR) is 44.6 cm³/mol. The van der Waals surface area contributed by atoms with Crippen molar-refractivity contribution in [3.63, 3.8) is 0 Å². The average Bonchev–Trinajstić information content (AvgIpc) is 1.83. The van der Waals surface area contributed by atoms with Crippen molar-refractivity contribution >= 4 is 27.4 Å². The molecular formula is C5H6ClN3O2S.